The van der Waals surface area contributed by atoms with E-state index in [1.54, 1.807) is 18.4 Å². The van der Waals surface area contributed by atoms with Crippen molar-refractivity contribution in [3.8, 4) is 5.75 Å². The Bertz CT molecular complexity index is 692. The van der Waals surface area contributed by atoms with Gasteiger partial charge in [-0.25, -0.2) is 4.98 Å². The van der Waals surface area contributed by atoms with Gasteiger partial charge in [0.25, 0.3) is 0 Å². The monoisotopic (exact) mass is 333 g/mol. The van der Waals surface area contributed by atoms with E-state index in [0.29, 0.717) is 6.54 Å². The maximum Gasteiger partial charge on any atom is 0.242 e. The van der Waals surface area contributed by atoms with Gasteiger partial charge in [-0.2, -0.15) is 0 Å². The Hall–Kier alpha value is -1.82. The second-order valence-corrected chi connectivity index (χ2v) is 7.23. The fourth-order valence-corrected chi connectivity index (χ4v) is 3.81. The molecule has 124 valence electrons. The minimum Gasteiger partial charge on any atom is -0.494 e. The number of hydrogen-bond acceptors (Lipinski definition) is 5. The van der Waals surface area contributed by atoms with Crippen LogP contribution in [0.25, 0.3) is 10.2 Å². The molecule has 0 unspecified atom stereocenters. The van der Waals surface area contributed by atoms with E-state index in [-0.39, 0.29) is 5.91 Å². The average molecular weight is 333 g/mol. The molecule has 1 aliphatic rings. The van der Waals surface area contributed by atoms with E-state index in [1.807, 2.05) is 35.0 Å². The number of likely N-dealkylation sites (N-methyl/N-ethyl adjacent to an activating group) is 1. The molecule has 6 heteroatoms. The van der Waals surface area contributed by atoms with Gasteiger partial charge in [-0.05, 0) is 30.9 Å². The molecule has 0 N–H and O–H groups in total. The number of hydrogen-bond donors (Lipinski definition) is 0. The number of carbonyl (C=O) groups excluding carboxylic acids is 1. The van der Waals surface area contributed by atoms with Crippen LogP contribution in [0.15, 0.2) is 18.2 Å². The van der Waals surface area contributed by atoms with Crippen molar-refractivity contribution in [1.82, 2.24) is 9.88 Å². The summed E-state index contributed by atoms with van der Waals surface area (Å²) in [5.41, 5.74) is 0.862. The molecule has 1 fully saturated rings. The summed E-state index contributed by atoms with van der Waals surface area (Å²) in [6.07, 6.45) is 2.21. The SMILES string of the molecule is COc1cccc2sc(N(C)CC(=O)N3CCC(C)CC3)nc12. The molecule has 0 spiro atoms. The fourth-order valence-electron chi connectivity index (χ4n) is 2.87. The van der Waals surface area contributed by atoms with Gasteiger partial charge in [0.15, 0.2) is 5.13 Å². The zero-order chi connectivity index (χ0) is 16.4. The largest absolute Gasteiger partial charge is 0.494 e. The summed E-state index contributed by atoms with van der Waals surface area (Å²) in [5.74, 6) is 1.69. The molecule has 5 nitrogen and oxygen atoms in total. The third-order valence-corrected chi connectivity index (χ3v) is 5.56. The molecule has 1 amide bonds. The number of anilines is 1. The lowest BCUT2D eigenvalue weighted by Gasteiger charge is -2.31. The number of methoxy groups -OCH3 is 1. The molecular formula is C17H23N3O2S. The van der Waals surface area contributed by atoms with Crippen LogP contribution in [0.1, 0.15) is 19.8 Å². The Kier molecular flexibility index (Phi) is 4.71. The van der Waals surface area contributed by atoms with Crippen molar-refractivity contribution in [1.29, 1.82) is 0 Å². The minimum absolute atomic E-state index is 0.186. The molecule has 3 rings (SSSR count). The molecule has 2 aromatic rings. The third-order valence-electron chi connectivity index (χ3n) is 4.43. The highest BCUT2D eigenvalue weighted by molar-refractivity contribution is 7.22. The lowest BCUT2D eigenvalue weighted by molar-refractivity contribution is -0.130. The number of ether oxygens (including phenoxy) is 1. The minimum atomic E-state index is 0.186. The average Bonchev–Trinajstić information content (AvgIpc) is 2.99. The molecule has 1 aromatic heterocycles. The van der Waals surface area contributed by atoms with Crippen LogP contribution in [-0.4, -0.2) is 49.6 Å². The third kappa shape index (κ3) is 3.42. The van der Waals surface area contributed by atoms with Crippen LogP contribution in [0, 0.1) is 5.92 Å². The first-order chi connectivity index (χ1) is 11.1. The van der Waals surface area contributed by atoms with E-state index in [0.717, 1.165) is 52.9 Å². The maximum absolute atomic E-state index is 12.5. The predicted octanol–water partition coefficient (Wildman–Crippen LogP) is 3.00. The lowest BCUT2D eigenvalue weighted by atomic mass is 9.99. The quantitative estimate of drug-likeness (QED) is 0.863. The molecular weight excluding hydrogens is 310 g/mol. The van der Waals surface area contributed by atoms with E-state index in [1.165, 1.54) is 0 Å². The van der Waals surface area contributed by atoms with Gasteiger partial charge in [0, 0.05) is 20.1 Å². The number of para-hydroxylation sites is 1. The fraction of sp³-hybridized carbons (Fsp3) is 0.529. The first-order valence-electron chi connectivity index (χ1n) is 8.01. The number of amides is 1. The standard InChI is InChI=1S/C17H23N3O2S/c1-12-7-9-20(10-8-12)15(21)11-19(2)17-18-16-13(22-3)5-4-6-14(16)23-17/h4-6,12H,7-11H2,1-3H3. The van der Waals surface area contributed by atoms with Gasteiger partial charge in [-0.3, -0.25) is 4.79 Å². The van der Waals surface area contributed by atoms with Crippen LogP contribution < -0.4 is 9.64 Å². The second kappa shape index (κ2) is 6.74. The Morgan fingerprint density at radius 1 is 1.43 bits per heavy atom. The molecule has 0 radical (unpaired) electrons. The molecule has 1 aromatic carbocycles. The summed E-state index contributed by atoms with van der Waals surface area (Å²) in [6.45, 7) is 4.38. The van der Waals surface area contributed by atoms with Gasteiger partial charge in [-0.1, -0.05) is 24.3 Å². The number of thiazole rings is 1. The number of piperidine rings is 1. The van der Waals surface area contributed by atoms with E-state index in [2.05, 4.69) is 11.9 Å². The molecule has 23 heavy (non-hydrogen) atoms. The summed E-state index contributed by atoms with van der Waals surface area (Å²) in [4.78, 5) is 21.0. The summed E-state index contributed by atoms with van der Waals surface area (Å²) in [5, 5.41) is 0.850. The topological polar surface area (TPSA) is 45.7 Å². The van der Waals surface area contributed by atoms with Gasteiger partial charge in [-0.15, -0.1) is 0 Å². The summed E-state index contributed by atoms with van der Waals surface area (Å²) in [6, 6.07) is 5.90. The van der Waals surface area contributed by atoms with Crippen LogP contribution in [0.3, 0.4) is 0 Å². The Labute approximate surface area is 140 Å². The smallest absolute Gasteiger partial charge is 0.242 e. The van der Waals surface area contributed by atoms with E-state index >= 15 is 0 Å². The summed E-state index contributed by atoms with van der Waals surface area (Å²) in [7, 11) is 3.58. The van der Waals surface area contributed by atoms with Crippen LogP contribution in [-0.2, 0) is 4.79 Å². The molecule has 0 bridgehead atoms. The highest BCUT2D eigenvalue weighted by Crippen LogP contribution is 2.33. The second-order valence-electron chi connectivity index (χ2n) is 6.22. The van der Waals surface area contributed by atoms with Crippen molar-refractivity contribution < 1.29 is 9.53 Å². The maximum atomic E-state index is 12.5. The van der Waals surface area contributed by atoms with Crippen molar-refractivity contribution in [3.05, 3.63) is 18.2 Å². The molecule has 0 aliphatic carbocycles. The van der Waals surface area contributed by atoms with E-state index < -0.39 is 0 Å². The van der Waals surface area contributed by atoms with Crippen LogP contribution in [0.2, 0.25) is 0 Å². The van der Waals surface area contributed by atoms with Crippen LogP contribution in [0.5, 0.6) is 5.75 Å². The highest BCUT2D eigenvalue weighted by atomic mass is 32.1. The number of aromatic nitrogens is 1. The van der Waals surface area contributed by atoms with Gasteiger partial charge in [0.1, 0.15) is 11.3 Å². The molecule has 0 saturated carbocycles. The first-order valence-corrected chi connectivity index (χ1v) is 8.82. The number of benzene rings is 1. The van der Waals surface area contributed by atoms with Gasteiger partial charge < -0.3 is 14.5 Å². The highest BCUT2D eigenvalue weighted by Gasteiger charge is 2.22. The molecule has 1 saturated heterocycles. The number of likely N-dealkylation sites (tertiary alicyclic amines) is 1. The van der Waals surface area contributed by atoms with Crippen molar-refractivity contribution in [3.63, 3.8) is 0 Å². The first kappa shape index (κ1) is 16.1. The number of carbonyl (C=O) groups is 1. The Morgan fingerprint density at radius 2 is 2.17 bits per heavy atom. The zero-order valence-electron chi connectivity index (χ0n) is 13.9. The van der Waals surface area contributed by atoms with Crippen molar-refractivity contribution in [2.75, 3.05) is 38.7 Å². The van der Waals surface area contributed by atoms with Crippen molar-refractivity contribution >= 4 is 32.6 Å². The molecule has 1 aliphatic heterocycles. The van der Waals surface area contributed by atoms with Crippen LogP contribution >= 0.6 is 11.3 Å². The van der Waals surface area contributed by atoms with Crippen LogP contribution in [0.4, 0.5) is 5.13 Å². The number of rotatable bonds is 4. The van der Waals surface area contributed by atoms with E-state index in [9.17, 15) is 4.79 Å². The van der Waals surface area contributed by atoms with E-state index in [4.69, 9.17) is 4.74 Å². The molecule has 0 atom stereocenters. The normalized spacial score (nSPS) is 15.9. The molecule has 2 heterocycles. The lowest BCUT2D eigenvalue weighted by Crippen LogP contribution is -2.43. The predicted molar refractivity (Wildman–Crippen MR) is 94.4 cm³/mol. The zero-order valence-corrected chi connectivity index (χ0v) is 14.7. The Morgan fingerprint density at radius 3 is 2.87 bits per heavy atom. The number of nitrogens with zero attached hydrogens (tertiary/aromatic N) is 3. The summed E-state index contributed by atoms with van der Waals surface area (Å²) >= 11 is 1.59. The van der Waals surface area contributed by atoms with Crippen molar-refractivity contribution in [2.45, 2.75) is 19.8 Å². The number of fused-ring (bicyclic) bond motifs is 1. The van der Waals surface area contributed by atoms with Crippen molar-refractivity contribution in [2.24, 2.45) is 5.92 Å². The Balaban J connectivity index is 1.70. The summed E-state index contributed by atoms with van der Waals surface area (Å²) < 4.78 is 6.43. The van der Waals surface area contributed by atoms with Gasteiger partial charge >= 0.3 is 0 Å². The van der Waals surface area contributed by atoms with Gasteiger partial charge in [0.2, 0.25) is 5.91 Å². The van der Waals surface area contributed by atoms with Gasteiger partial charge in [0.05, 0.1) is 18.4 Å².